The van der Waals surface area contributed by atoms with Gasteiger partial charge in [-0.25, -0.2) is 8.42 Å². The standard InChI is InChI=1S/C15H10O4.C14H12O4.C8H8O3.C6H6O2.CH3ClO2S.CH3F.I3/c16-10-3-1-9(2-4-10)13-8-19-14-7-11(17)5-6-12(14)15(13)18;15-10-3-1-9(2-4-10)7-13(17)12-6-5-11(16)8-14(12)18;9-7-3-1-6(2-4-7)5-8(10)11;7-5-2-1-3-6(8)4-5;1-5(2,3)4;1-2;1-3-2/h1-8,16-17H;1-6,8,15-16,18H,7H2;1-4,9H,5H2,(H,10,11);1-4,7-8H;1H3;1H3;/q;;;;;;-1/i;;;;;1D;. The van der Waals surface area contributed by atoms with Crippen molar-refractivity contribution in [3.8, 4) is 57.1 Å². The zero-order valence-corrected chi connectivity index (χ0v) is 42.2. The molecule has 0 saturated heterocycles. The van der Waals surface area contributed by atoms with Crippen molar-refractivity contribution in [2.45, 2.75) is 12.8 Å². The molecule has 0 atom stereocenters. The SMILES string of the molecule is CS(=O)(=O)Cl.I[I-]I.O=C(Cc1ccc(O)cc1)c1ccc(O)cc1O.O=C(O)Cc1ccc(O)cc1.O=c1c(-c2ccc(O)cc2)coc2cc(O)ccc12.Oc1cccc(O)c1.[2H]CF. The molecule has 0 aliphatic carbocycles. The molecule has 0 radical (unpaired) electrons. The fourth-order valence-corrected chi connectivity index (χ4v) is 4.89. The van der Waals surface area contributed by atoms with E-state index in [1.807, 2.05) is 0 Å². The van der Waals surface area contributed by atoms with Crippen molar-refractivity contribution < 1.29 is 87.4 Å². The third-order valence-corrected chi connectivity index (χ3v) is 7.64. The predicted molar refractivity (Wildman–Crippen MR) is 262 cm³/mol. The first-order chi connectivity index (χ1) is 31.5. The van der Waals surface area contributed by atoms with Crippen molar-refractivity contribution in [1.82, 2.24) is 0 Å². The molecule has 0 fully saturated rings. The van der Waals surface area contributed by atoms with Gasteiger partial charge >= 0.3 is 56.5 Å². The number of phenols is 8. The Hall–Kier alpha value is -5.57. The first-order valence-electron chi connectivity index (χ1n) is 18.7. The quantitative estimate of drug-likeness (QED) is 0.0472. The fraction of sp³-hybridized carbons (Fsp3) is 0.0889. The minimum absolute atomic E-state index is 0.000278. The number of rotatable bonds is 6. The summed E-state index contributed by atoms with van der Waals surface area (Å²) in [5, 5.41) is 81.4. The molecule has 0 amide bonds. The van der Waals surface area contributed by atoms with Crippen LogP contribution in [0, 0.1) is 0 Å². The van der Waals surface area contributed by atoms with Crippen LogP contribution >= 0.6 is 47.9 Å². The molecule has 66 heavy (non-hydrogen) atoms. The zero-order valence-electron chi connectivity index (χ0n) is 35.2. The summed E-state index contributed by atoms with van der Waals surface area (Å²) < 4.78 is 39.7. The first-order valence-corrected chi connectivity index (χ1v) is 33.3. The van der Waals surface area contributed by atoms with Gasteiger partial charge in [-0.05, 0) is 89.5 Å². The van der Waals surface area contributed by atoms with Crippen molar-refractivity contribution in [3.63, 3.8) is 0 Å². The number of phenolic OH excluding ortho intramolecular Hbond substituents is 8. The van der Waals surface area contributed by atoms with E-state index < -0.39 is 22.2 Å². The summed E-state index contributed by atoms with van der Waals surface area (Å²) in [4.78, 5) is 34.4. The van der Waals surface area contributed by atoms with Gasteiger partial charge in [0.2, 0.25) is 9.05 Å². The van der Waals surface area contributed by atoms with E-state index in [0.29, 0.717) is 40.9 Å². The molecule has 1 aromatic heterocycles. The molecule has 1 heterocycles. The Labute approximate surface area is 413 Å². The van der Waals surface area contributed by atoms with E-state index in [1.54, 1.807) is 42.5 Å². The van der Waals surface area contributed by atoms with E-state index in [1.165, 1.54) is 91.2 Å². The number of carboxylic acid groups (broad SMARTS) is 1. The molecule has 0 bridgehead atoms. The number of ketones is 1. The van der Waals surface area contributed by atoms with Crippen molar-refractivity contribution in [1.29, 1.82) is 0 Å². The van der Waals surface area contributed by atoms with E-state index in [2.05, 4.69) is 47.9 Å². The van der Waals surface area contributed by atoms with Crippen molar-refractivity contribution in [3.05, 3.63) is 167 Å². The summed E-state index contributed by atoms with van der Waals surface area (Å²) in [6.45, 7) is 0. The average Bonchev–Trinajstić information content (AvgIpc) is 3.23. The topological polar surface area (TPSA) is 281 Å². The molecule has 21 heteroatoms. The molecule has 0 spiro atoms. The van der Waals surface area contributed by atoms with Gasteiger partial charge in [0.25, 0.3) is 0 Å². The van der Waals surface area contributed by atoms with E-state index >= 15 is 0 Å². The number of carboxylic acids is 1. The van der Waals surface area contributed by atoms with Crippen LogP contribution in [0.1, 0.15) is 22.9 Å². The van der Waals surface area contributed by atoms with E-state index in [-0.39, 0.29) is 75.6 Å². The number of fused-ring (bicyclic) bond motifs is 1. The second-order valence-corrected chi connectivity index (χ2v) is 32.0. The van der Waals surface area contributed by atoms with Gasteiger partial charge in [-0.2, -0.15) is 0 Å². The maximum Gasteiger partial charge on any atom is 0.307 e. The Morgan fingerprint density at radius 1 is 0.667 bits per heavy atom. The number of aliphatic carboxylic acids is 1. The number of halogens is 5. The Morgan fingerprint density at radius 3 is 1.48 bits per heavy atom. The average molecular weight is 1290 g/mol. The van der Waals surface area contributed by atoms with Gasteiger partial charge in [0.1, 0.15) is 57.8 Å². The number of Topliss-reactive ketones (excluding diaryl/α,β-unsaturated/α-hetero) is 1. The van der Waals surface area contributed by atoms with Gasteiger partial charge in [-0.3, -0.25) is 18.8 Å². The summed E-state index contributed by atoms with van der Waals surface area (Å²) in [7, 11) is 0.308. The maximum absolute atomic E-state index is 12.3. The van der Waals surface area contributed by atoms with Crippen LogP contribution in [-0.2, 0) is 26.7 Å². The Bertz CT molecular complexity index is 2760. The molecule has 354 valence electrons. The fourth-order valence-electron chi connectivity index (χ4n) is 4.89. The van der Waals surface area contributed by atoms with Crippen LogP contribution in [0.5, 0.6) is 46.0 Å². The van der Waals surface area contributed by atoms with Crippen LogP contribution in [0.3, 0.4) is 0 Å². The molecule has 0 aliphatic heterocycles. The number of hydrogen-bond donors (Lipinski definition) is 9. The van der Waals surface area contributed by atoms with Crippen LogP contribution in [-0.4, -0.2) is 79.5 Å². The number of alkyl halides is 1. The molecule has 6 aromatic carbocycles. The van der Waals surface area contributed by atoms with Gasteiger partial charge in [0.15, 0.2) is 11.2 Å². The third-order valence-electron chi connectivity index (χ3n) is 7.64. The Kier molecular flexibility index (Phi) is 26.2. The number of carbonyl (C=O) groups is 2. The molecule has 7 aromatic rings. The van der Waals surface area contributed by atoms with Gasteiger partial charge in [0.05, 0.1) is 37.7 Å². The maximum atomic E-state index is 12.3. The Morgan fingerprint density at radius 2 is 1.06 bits per heavy atom. The van der Waals surface area contributed by atoms with Gasteiger partial charge in [-0.15, -0.1) is 0 Å². The van der Waals surface area contributed by atoms with Crippen LogP contribution < -0.4 is 18.7 Å². The summed E-state index contributed by atoms with van der Waals surface area (Å²) in [6, 6.07) is 32.8. The molecule has 0 saturated carbocycles. The predicted octanol–water partition coefficient (Wildman–Crippen LogP) is 6.76. The minimum Gasteiger partial charge on any atom is -0.508 e. The van der Waals surface area contributed by atoms with E-state index in [0.717, 1.165) is 17.9 Å². The van der Waals surface area contributed by atoms with E-state index in [9.17, 15) is 42.5 Å². The smallest absolute Gasteiger partial charge is 0.307 e. The van der Waals surface area contributed by atoms with Crippen LogP contribution in [0.15, 0.2) is 149 Å². The second-order valence-electron chi connectivity index (χ2n) is 12.7. The molecule has 0 unspecified atom stereocenters. The summed E-state index contributed by atoms with van der Waals surface area (Å²) in [5.41, 5.74) is 2.85. The van der Waals surface area contributed by atoms with Gasteiger partial charge < -0.3 is 50.4 Å². The van der Waals surface area contributed by atoms with Crippen LogP contribution in [0.25, 0.3) is 22.1 Å². The van der Waals surface area contributed by atoms with Crippen molar-refractivity contribution >= 4 is 79.7 Å². The molecule has 15 nitrogen and oxygen atoms in total. The molecule has 9 N–H and O–H groups in total. The molecular formula is C45H42ClFI3O15S-. The van der Waals surface area contributed by atoms with Gasteiger partial charge in [0, 0.05) is 35.3 Å². The van der Waals surface area contributed by atoms with E-state index in [4.69, 9.17) is 36.4 Å². The van der Waals surface area contributed by atoms with Crippen LogP contribution in [0.2, 0.25) is 0 Å². The van der Waals surface area contributed by atoms with Crippen LogP contribution in [0.4, 0.5) is 4.39 Å². The van der Waals surface area contributed by atoms with Gasteiger partial charge in [-0.1, -0.05) is 42.5 Å². The number of aromatic hydroxyl groups is 8. The largest absolute Gasteiger partial charge is 0.508 e. The molecule has 7 rings (SSSR count). The minimum atomic E-state index is -3.19. The van der Waals surface area contributed by atoms with Crippen molar-refractivity contribution in [2.75, 3.05) is 13.4 Å². The number of benzene rings is 6. The normalized spacial score (nSPS) is 10.0. The van der Waals surface area contributed by atoms with Crippen molar-refractivity contribution in [2.24, 2.45) is 0 Å². The summed E-state index contributed by atoms with van der Waals surface area (Å²) >= 11 is 5.30. The summed E-state index contributed by atoms with van der Waals surface area (Å²) in [6.07, 6.45) is 2.41. The first kappa shape index (κ1) is 56.6. The third kappa shape index (κ3) is 24.1. The number of hydrogen-bond acceptors (Lipinski definition) is 14. The number of carbonyl (C=O) groups excluding carboxylic acids is 1. The zero-order chi connectivity index (χ0) is 50.7. The second kappa shape index (κ2) is 30.6. The monoisotopic (exact) mass is 1290 g/mol. The molecular weight excluding hydrogens is 1250 g/mol. The molecule has 0 aliphatic rings. The Balaban J connectivity index is 0.000000430. The summed E-state index contributed by atoms with van der Waals surface area (Å²) in [5.74, 6) is -0.791.